The lowest BCUT2D eigenvalue weighted by molar-refractivity contribution is -0.143. The van der Waals surface area contributed by atoms with Gasteiger partial charge in [0.25, 0.3) is 5.91 Å². The topological polar surface area (TPSA) is 80.7 Å². The molecule has 0 unspecified atom stereocenters. The van der Waals surface area contributed by atoms with Crippen LogP contribution in [0.1, 0.15) is 36.8 Å². The van der Waals surface area contributed by atoms with Gasteiger partial charge in [0.2, 0.25) is 12.7 Å². The van der Waals surface area contributed by atoms with Crippen LogP contribution >= 0.6 is 11.3 Å². The average Bonchev–Trinajstić information content (AvgIpc) is 3.54. The van der Waals surface area contributed by atoms with E-state index in [2.05, 4.69) is 5.10 Å². The molecule has 0 bridgehead atoms. The maximum Gasteiger partial charge on any atom is 0.262 e. The number of nitrogens with zero attached hydrogens (tertiary/aromatic N) is 3. The molecule has 0 saturated carbocycles. The van der Waals surface area contributed by atoms with Gasteiger partial charge in [-0.25, -0.2) is 5.01 Å². The summed E-state index contributed by atoms with van der Waals surface area (Å²) in [5.41, 5.74) is 1.77. The molecule has 9 heteroatoms. The van der Waals surface area contributed by atoms with E-state index in [1.165, 1.54) is 5.01 Å². The minimum absolute atomic E-state index is 0.0529. The van der Waals surface area contributed by atoms with Gasteiger partial charge in [-0.1, -0.05) is 26.0 Å². The quantitative estimate of drug-likeness (QED) is 0.608. The molecular weight excluding hydrogens is 430 g/mol. The van der Waals surface area contributed by atoms with Crippen molar-refractivity contribution in [3.8, 4) is 11.5 Å². The van der Waals surface area contributed by atoms with Crippen LogP contribution in [-0.4, -0.2) is 61.0 Å². The van der Waals surface area contributed by atoms with Crippen LogP contribution in [0.2, 0.25) is 0 Å². The second-order valence-electron chi connectivity index (χ2n) is 8.00. The van der Waals surface area contributed by atoms with Gasteiger partial charge >= 0.3 is 0 Å². The summed E-state index contributed by atoms with van der Waals surface area (Å²) in [6, 6.07) is 9.39. The first-order chi connectivity index (χ1) is 15.5. The highest BCUT2D eigenvalue weighted by Crippen LogP contribution is 2.39. The summed E-state index contributed by atoms with van der Waals surface area (Å²) in [5, 5.41) is 8.19. The zero-order chi connectivity index (χ0) is 22.7. The van der Waals surface area contributed by atoms with Gasteiger partial charge in [0.1, 0.15) is 6.54 Å². The fourth-order valence-electron chi connectivity index (χ4n) is 3.78. The predicted molar refractivity (Wildman–Crippen MR) is 121 cm³/mol. The van der Waals surface area contributed by atoms with Crippen LogP contribution in [0.5, 0.6) is 11.5 Å². The lowest BCUT2D eigenvalue weighted by Gasteiger charge is -2.28. The number of ether oxygens (including phenoxy) is 3. The van der Waals surface area contributed by atoms with Crippen molar-refractivity contribution < 1.29 is 23.8 Å². The van der Waals surface area contributed by atoms with Gasteiger partial charge in [-0.3, -0.25) is 9.59 Å². The first-order valence-corrected chi connectivity index (χ1v) is 11.5. The Hall–Kier alpha value is -2.91. The largest absolute Gasteiger partial charge is 0.454 e. The number of hydrogen-bond donors (Lipinski definition) is 0. The van der Waals surface area contributed by atoms with Crippen molar-refractivity contribution in [2.45, 2.75) is 26.3 Å². The van der Waals surface area contributed by atoms with Crippen LogP contribution < -0.4 is 9.47 Å². The standard InChI is InChI=1S/C23H27N3O5S/c1-15(2)23(28)25(8-9-29-3)13-22(27)26-18(12-17(24-26)21-5-4-10-32-21)16-6-7-19-20(11-16)31-14-30-19/h4-7,10-11,15,18H,8-9,12-14H2,1-3H3/t18-/m1/s1. The third-order valence-corrected chi connectivity index (χ3v) is 6.37. The van der Waals surface area contributed by atoms with E-state index in [1.807, 2.05) is 49.6 Å². The number of carbonyl (C=O) groups is 2. The van der Waals surface area contributed by atoms with E-state index < -0.39 is 0 Å². The van der Waals surface area contributed by atoms with E-state index in [0.717, 1.165) is 16.2 Å². The van der Waals surface area contributed by atoms with E-state index in [0.29, 0.717) is 31.1 Å². The molecule has 32 heavy (non-hydrogen) atoms. The van der Waals surface area contributed by atoms with Crippen molar-refractivity contribution >= 4 is 28.9 Å². The molecule has 2 amide bonds. The van der Waals surface area contributed by atoms with Gasteiger partial charge < -0.3 is 19.1 Å². The smallest absolute Gasteiger partial charge is 0.262 e. The molecule has 1 aromatic heterocycles. The van der Waals surface area contributed by atoms with E-state index >= 15 is 0 Å². The summed E-state index contributed by atoms with van der Waals surface area (Å²) in [5.74, 6) is 0.822. The number of hydrogen-bond acceptors (Lipinski definition) is 7. The van der Waals surface area contributed by atoms with Gasteiger partial charge in [-0.05, 0) is 29.1 Å². The van der Waals surface area contributed by atoms with Gasteiger partial charge in [-0.15, -0.1) is 11.3 Å². The Bertz CT molecular complexity index is 1010. The first-order valence-electron chi connectivity index (χ1n) is 10.6. The highest BCUT2D eigenvalue weighted by molar-refractivity contribution is 7.12. The Balaban J connectivity index is 1.60. The van der Waals surface area contributed by atoms with Crippen LogP contribution in [-0.2, 0) is 14.3 Å². The molecule has 0 aliphatic carbocycles. The fourth-order valence-corrected chi connectivity index (χ4v) is 4.50. The molecule has 0 N–H and O–H groups in total. The Labute approximate surface area is 191 Å². The molecule has 0 saturated heterocycles. The van der Waals surface area contributed by atoms with Gasteiger partial charge in [-0.2, -0.15) is 5.10 Å². The van der Waals surface area contributed by atoms with E-state index in [4.69, 9.17) is 14.2 Å². The van der Waals surface area contributed by atoms with Crippen LogP contribution in [0.3, 0.4) is 0 Å². The number of rotatable bonds is 8. The second kappa shape index (κ2) is 9.70. The maximum absolute atomic E-state index is 13.4. The van der Waals surface area contributed by atoms with Gasteiger partial charge in [0.05, 0.1) is 23.2 Å². The number of carbonyl (C=O) groups excluding carboxylic acids is 2. The van der Waals surface area contributed by atoms with Crippen molar-refractivity contribution in [2.75, 3.05) is 33.6 Å². The molecule has 170 valence electrons. The molecule has 1 aromatic carbocycles. The molecular formula is C23H27N3O5S. The lowest BCUT2D eigenvalue weighted by Crippen LogP contribution is -2.44. The summed E-state index contributed by atoms with van der Waals surface area (Å²) >= 11 is 1.59. The lowest BCUT2D eigenvalue weighted by atomic mass is 10.0. The average molecular weight is 458 g/mol. The molecule has 0 fully saturated rings. The molecule has 2 aliphatic heterocycles. The maximum atomic E-state index is 13.4. The Morgan fingerprint density at radius 3 is 2.81 bits per heavy atom. The molecule has 1 atom stereocenters. The van der Waals surface area contributed by atoms with E-state index in [-0.39, 0.29) is 37.1 Å². The number of thiophene rings is 1. The zero-order valence-electron chi connectivity index (χ0n) is 18.4. The molecule has 3 heterocycles. The third kappa shape index (κ3) is 4.63. The van der Waals surface area contributed by atoms with Crippen molar-refractivity contribution in [2.24, 2.45) is 11.0 Å². The molecule has 4 rings (SSSR count). The highest BCUT2D eigenvalue weighted by Gasteiger charge is 2.35. The summed E-state index contributed by atoms with van der Waals surface area (Å²) in [6.45, 7) is 4.50. The van der Waals surface area contributed by atoms with Crippen molar-refractivity contribution in [3.63, 3.8) is 0 Å². The molecule has 0 spiro atoms. The summed E-state index contributed by atoms with van der Waals surface area (Å²) < 4.78 is 16.1. The minimum Gasteiger partial charge on any atom is -0.454 e. The third-order valence-electron chi connectivity index (χ3n) is 5.45. The first kappa shape index (κ1) is 22.3. The summed E-state index contributed by atoms with van der Waals surface area (Å²) in [4.78, 5) is 28.7. The second-order valence-corrected chi connectivity index (χ2v) is 8.95. The van der Waals surface area contributed by atoms with Gasteiger partial charge in [0.15, 0.2) is 11.5 Å². The van der Waals surface area contributed by atoms with E-state index in [9.17, 15) is 9.59 Å². The number of benzene rings is 1. The zero-order valence-corrected chi connectivity index (χ0v) is 19.3. The van der Waals surface area contributed by atoms with Crippen LogP contribution in [0.15, 0.2) is 40.8 Å². The number of hydrazone groups is 1. The Morgan fingerprint density at radius 1 is 1.28 bits per heavy atom. The molecule has 0 radical (unpaired) electrons. The van der Waals surface area contributed by atoms with Crippen LogP contribution in [0.4, 0.5) is 0 Å². The highest BCUT2D eigenvalue weighted by atomic mass is 32.1. The molecule has 8 nitrogen and oxygen atoms in total. The predicted octanol–water partition coefficient (Wildman–Crippen LogP) is 3.29. The molecule has 2 aliphatic rings. The van der Waals surface area contributed by atoms with Crippen molar-refractivity contribution in [1.82, 2.24) is 9.91 Å². The number of fused-ring (bicyclic) bond motifs is 1. The SMILES string of the molecule is COCCN(CC(=O)N1N=C(c2cccs2)C[C@@H]1c1ccc2c(c1)OCO2)C(=O)C(C)C. The fraction of sp³-hybridized carbons (Fsp3) is 0.435. The van der Waals surface area contributed by atoms with Crippen molar-refractivity contribution in [1.29, 1.82) is 0 Å². The van der Waals surface area contributed by atoms with E-state index in [1.54, 1.807) is 23.3 Å². The molecule has 2 aromatic rings. The Kier molecular flexibility index (Phi) is 6.76. The summed E-state index contributed by atoms with van der Waals surface area (Å²) in [7, 11) is 1.58. The van der Waals surface area contributed by atoms with Crippen LogP contribution in [0.25, 0.3) is 0 Å². The monoisotopic (exact) mass is 457 g/mol. The van der Waals surface area contributed by atoms with Crippen LogP contribution in [0, 0.1) is 5.92 Å². The Morgan fingerprint density at radius 2 is 2.09 bits per heavy atom. The number of methoxy groups -OCH3 is 1. The van der Waals surface area contributed by atoms with Gasteiger partial charge in [0, 0.05) is 26.0 Å². The minimum atomic E-state index is -0.285. The summed E-state index contributed by atoms with van der Waals surface area (Å²) in [6.07, 6.45) is 0.585. The van der Waals surface area contributed by atoms with Crippen molar-refractivity contribution in [3.05, 3.63) is 46.2 Å². The normalized spacial score (nSPS) is 17.1. The number of amides is 2.